The number of hydrogen-bond donors (Lipinski definition) is 2. The fourth-order valence-electron chi connectivity index (χ4n) is 2.47. The number of carbonyl (C=O) groups is 1. The van der Waals surface area contributed by atoms with Crippen LogP contribution in [0.2, 0.25) is 5.02 Å². The summed E-state index contributed by atoms with van der Waals surface area (Å²) in [6.07, 6.45) is 1.48. The first kappa shape index (κ1) is 14.6. The van der Waals surface area contributed by atoms with Crippen LogP contribution in [0.4, 0.5) is 0 Å². The van der Waals surface area contributed by atoms with E-state index in [4.69, 9.17) is 16.7 Å². The molecule has 2 N–H and O–H groups in total. The summed E-state index contributed by atoms with van der Waals surface area (Å²) in [6, 6.07) is 12.4. The maximum absolute atomic E-state index is 10.8. The van der Waals surface area contributed by atoms with Crippen LogP contribution >= 0.6 is 22.9 Å². The van der Waals surface area contributed by atoms with Crippen LogP contribution in [0.15, 0.2) is 36.4 Å². The van der Waals surface area contributed by atoms with Gasteiger partial charge in [-0.25, -0.2) is 0 Å². The molecule has 0 bridgehead atoms. The van der Waals surface area contributed by atoms with Crippen LogP contribution in [0.1, 0.15) is 17.7 Å². The van der Waals surface area contributed by atoms with E-state index in [9.17, 15) is 4.79 Å². The number of carboxylic acids is 1. The van der Waals surface area contributed by atoms with Crippen LogP contribution in [0, 0.1) is 5.92 Å². The fourth-order valence-corrected chi connectivity index (χ4v) is 3.56. The molecule has 21 heavy (non-hydrogen) atoms. The largest absolute Gasteiger partial charge is 0.481 e. The standard InChI is InChI=1S/C16H16ClNO2S/c17-12-3-1-10(2-4-12)15-6-5-14(21-15)9-18-13-7-11(8-13)16(19)20/h1-6,11,13,18H,7-9H2,(H,19,20). The molecule has 0 atom stereocenters. The topological polar surface area (TPSA) is 49.3 Å². The highest BCUT2D eigenvalue weighted by molar-refractivity contribution is 7.15. The molecule has 1 saturated carbocycles. The lowest BCUT2D eigenvalue weighted by Gasteiger charge is -2.32. The first-order chi connectivity index (χ1) is 10.1. The summed E-state index contributed by atoms with van der Waals surface area (Å²) in [5.41, 5.74) is 1.17. The summed E-state index contributed by atoms with van der Waals surface area (Å²) in [6.45, 7) is 0.801. The lowest BCUT2D eigenvalue weighted by Crippen LogP contribution is -2.43. The third kappa shape index (κ3) is 3.46. The van der Waals surface area contributed by atoms with Gasteiger partial charge in [0.2, 0.25) is 0 Å². The van der Waals surface area contributed by atoms with Crippen LogP contribution in [0.3, 0.4) is 0 Å². The monoisotopic (exact) mass is 321 g/mol. The molecular formula is C16H16ClNO2S. The molecule has 2 aromatic rings. The molecule has 0 radical (unpaired) electrons. The second-order valence-corrected chi connectivity index (χ2v) is 6.96. The van der Waals surface area contributed by atoms with E-state index in [0.717, 1.165) is 24.4 Å². The minimum atomic E-state index is -0.672. The second-order valence-electron chi connectivity index (χ2n) is 5.36. The molecule has 0 unspecified atom stereocenters. The van der Waals surface area contributed by atoms with Crippen LogP contribution in [0.5, 0.6) is 0 Å². The van der Waals surface area contributed by atoms with Gasteiger partial charge in [0, 0.05) is 27.4 Å². The molecule has 5 heteroatoms. The highest BCUT2D eigenvalue weighted by Crippen LogP contribution is 2.31. The number of thiophene rings is 1. The van der Waals surface area contributed by atoms with Crippen molar-refractivity contribution in [2.45, 2.75) is 25.4 Å². The summed E-state index contributed by atoms with van der Waals surface area (Å²) < 4.78 is 0. The van der Waals surface area contributed by atoms with E-state index >= 15 is 0 Å². The molecule has 0 aliphatic heterocycles. The Morgan fingerprint density at radius 3 is 2.62 bits per heavy atom. The molecule has 3 nitrogen and oxygen atoms in total. The number of benzene rings is 1. The zero-order chi connectivity index (χ0) is 14.8. The van der Waals surface area contributed by atoms with Gasteiger partial charge in [-0.3, -0.25) is 4.79 Å². The molecule has 0 saturated heterocycles. The maximum atomic E-state index is 10.8. The van der Waals surface area contributed by atoms with Crippen molar-refractivity contribution in [2.75, 3.05) is 0 Å². The molecule has 110 valence electrons. The third-order valence-electron chi connectivity index (χ3n) is 3.84. The lowest BCUT2D eigenvalue weighted by molar-refractivity contribution is -0.145. The van der Waals surface area contributed by atoms with Gasteiger partial charge < -0.3 is 10.4 Å². The predicted octanol–water partition coefficient (Wildman–Crippen LogP) is 4.02. The van der Waals surface area contributed by atoms with Crippen molar-refractivity contribution < 1.29 is 9.90 Å². The molecule has 1 aliphatic carbocycles. The number of hydrogen-bond acceptors (Lipinski definition) is 3. The first-order valence-electron chi connectivity index (χ1n) is 6.92. The normalized spacial score (nSPS) is 21.0. The minimum absolute atomic E-state index is 0.157. The summed E-state index contributed by atoms with van der Waals surface area (Å²) in [5.74, 6) is -0.829. The van der Waals surface area contributed by atoms with Crippen LogP contribution in [-0.4, -0.2) is 17.1 Å². The Labute approximate surface area is 132 Å². The zero-order valence-electron chi connectivity index (χ0n) is 11.4. The summed E-state index contributed by atoms with van der Waals surface area (Å²) in [7, 11) is 0. The minimum Gasteiger partial charge on any atom is -0.481 e. The van der Waals surface area contributed by atoms with E-state index in [2.05, 4.69) is 17.4 Å². The van der Waals surface area contributed by atoms with Gasteiger partial charge in [-0.2, -0.15) is 0 Å². The molecule has 0 spiro atoms. The summed E-state index contributed by atoms with van der Waals surface area (Å²) in [5, 5.41) is 13.0. The third-order valence-corrected chi connectivity index (χ3v) is 5.23. The average molecular weight is 322 g/mol. The van der Waals surface area contributed by atoms with Gasteiger partial charge in [-0.05, 0) is 42.7 Å². The number of aliphatic carboxylic acids is 1. The number of nitrogens with one attached hydrogen (secondary N) is 1. The number of carboxylic acid groups (broad SMARTS) is 1. The number of rotatable bonds is 5. The highest BCUT2D eigenvalue weighted by atomic mass is 35.5. The van der Waals surface area contributed by atoms with Gasteiger partial charge in [-0.1, -0.05) is 23.7 Å². The molecule has 1 aromatic carbocycles. The second kappa shape index (κ2) is 6.18. The Morgan fingerprint density at radius 2 is 1.95 bits per heavy atom. The average Bonchev–Trinajstić information content (AvgIpc) is 2.86. The first-order valence-corrected chi connectivity index (χ1v) is 8.12. The molecule has 3 rings (SSSR count). The van der Waals surface area contributed by atoms with E-state index in [-0.39, 0.29) is 5.92 Å². The van der Waals surface area contributed by atoms with E-state index in [1.54, 1.807) is 11.3 Å². The molecule has 1 heterocycles. The smallest absolute Gasteiger partial charge is 0.306 e. The van der Waals surface area contributed by atoms with E-state index in [0.29, 0.717) is 6.04 Å². The molecule has 1 aromatic heterocycles. The van der Waals surface area contributed by atoms with Crippen molar-refractivity contribution in [1.29, 1.82) is 0 Å². The molecule has 0 amide bonds. The van der Waals surface area contributed by atoms with Gasteiger partial charge in [0.15, 0.2) is 0 Å². The van der Waals surface area contributed by atoms with Crippen molar-refractivity contribution in [3.8, 4) is 10.4 Å². The fraction of sp³-hybridized carbons (Fsp3) is 0.312. The Balaban J connectivity index is 1.54. The van der Waals surface area contributed by atoms with Crippen molar-refractivity contribution in [2.24, 2.45) is 5.92 Å². The van der Waals surface area contributed by atoms with Crippen molar-refractivity contribution in [1.82, 2.24) is 5.32 Å². The quantitative estimate of drug-likeness (QED) is 0.874. The Bertz CT molecular complexity index is 632. The van der Waals surface area contributed by atoms with E-state index in [1.807, 2.05) is 24.3 Å². The summed E-state index contributed by atoms with van der Waals surface area (Å²) >= 11 is 7.65. The van der Waals surface area contributed by atoms with Gasteiger partial charge in [-0.15, -0.1) is 11.3 Å². The van der Waals surface area contributed by atoms with Crippen LogP contribution < -0.4 is 5.32 Å². The van der Waals surface area contributed by atoms with Gasteiger partial charge in [0.25, 0.3) is 0 Å². The Hall–Kier alpha value is -1.36. The van der Waals surface area contributed by atoms with Crippen molar-refractivity contribution in [3.05, 3.63) is 46.3 Å². The Morgan fingerprint density at radius 1 is 1.24 bits per heavy atom. The van der Waals surface area contributed by atoms with E-state index < -0.39 is 5.97 Å². The molecular weight excluding hydrogens is 306 g/mol. The zero-order valence-corrected chi connectivity index (χ0v) is 13.0. The maximum Gasteiger partial charge on any atom is 0.306 e. The molecule has 1 aliphatic rings. The molecule has 1 fully saturated rings. The SMILES string of the molecule is O=C(O)C1CC(NCc2ccc(-c3ccc(Cl)cc3)s2)C1. The Kier molecular flexibility index (Phi) is 4.29. The van der Waals surface area contributed by atoms with Crippen molar-refractivity contribution >= 4 is 28.9 Å². The summed E-state index contributed by atoms with van der Waals surface area (Å²) in [4.78, 5) is 13.2. The highest BCUT2D eigenvalue weighted by Gasteiger charge is 2.33. The predicted molar refractivity (Wildman–Crippen MR) is 85.8 cm³/mol. The van der Waals surface area contributed by atoms with Gasteiger partial charge in [0.05, 0.1) is 5.92 Å². The van der Waals surface area contributed by atoms with Crippen molar-refractivity contribution in [3.63, 3.8) is 0 Å². The lowest BCUT2D eigenvalue weighted by atomic mass is 9.80. The number of halogens is 1. The van der Waals surface area contributed by atoms with Gasteiger partial charge in [0.1, 0.15) is 0 Å². The van der Waals surface area contributed by atoms with E-state index in [1.165, 1.54) is 15.3 Å². The van der Waals surface area contributed by atoms with Crippen LogP contribution in [-0.2, 0) is 11.3 Å². The van der Waals surface area contributed by atoms with Crippen LogP contribution in [0.25, 0.3) is 10.4 Å². The van der Waals surface area contributed by atoms with Gasteiger partial charge >= 0.3 is 5.97 Å².